The topological polar surface area (TPSA) is 140 Å². The molecule has 1 aliphatic heterocycles. The SMILES string of the molecule is COC(=O)C1=C(Nc2ccc3cc(-n4cc(-c5ccccc5)nn4)c(=O)oc3c2)C(=O)N(CCO)C1. The van der Waals surface area contributed by atoms with Gasteiger partial charge in [0, 0.05) is 29.2 Å². The number of aromatic nitrogens is 3. The van der Waals surface area contributed by atoms with E-state index in [2.05, 4.69) is 15.6 Å². The van der Waals surface area contributed by atoms with Crippen LogP contribution in [0.3, 0.4) is 0 Å². The van der Waals surface area contributed by atoms with Crippen LogP contribution in [0.2, 0.25) is 0 Å². The number of aliphatic hydroxyl groups excluding tert-OH is 1. The van der Waals surface area contributed by atoms with E-state index in [1.807, 2.05) is 30.3 Å². The van der Waals surface area contributed by atoms with E-state index in [9.17, 15) is 19.5 Å². The lowest BCUT2D eigenvalue weighted by molar-refractivity contribution is -0.136. The number of amides is 1. The second-order valence-electron chi connectivity index (χ2n) is 8.01. The molecular formula is C25H21N5O6. The van der Waals surface area contributed by atoms with Crippen molar-refractivity contribution in [2.45, 2.75) is 0 Å². The summed E-state index contributed by atoms with van der Waals surface area (Å²) in [4.78, 5) is 39.0. The maximum absolute atomic E-state index is 12.8. The molecule has 0 saturated carbocycles. The fourth-order valence-corrected chi connectivity index (χ4v) is 3.95. The van der Waals surface area contributed by atoms with Crippen LogP contribution in [-0.4, -0.2) is 63.7 Å². The molecule has 0 radical (unpaired) electrons. The predicted octanol–water partition coefficient (Wildman–Crippen LogP) is 1.71. The molecule has 0 saturated heterocycles. The third kappa shape index (κ3) is 4.23. The highest BCUT2D eigenvalue weighted by molar-refractivity contribution is 6.08. The fraction of sp³-hybridized carbons (Fsp3) is 0.160. The molecule has 3 heterocycles. The van der Waals surface area contributed by atoms with Gasteiger partial charge < -0.3 is 24.5 Å². The Balaban J connectivity index is 1.46. The zero-order valence-corrected chi connectivity index (χ0v) is 19.2. The molecule has 4 aromatic rings. The van der Waals surface area contributed by atoms with Crippen LogP contribution in [0.4, 0.5) is 5.69 Å². The fourth-order valence-electron chi connectivity index (χ4n) is 3.95. The lowest BCUT2D eigenvalue weighted by Crippen LogP contribution is -2.31. The smallest absolute Gasteiger partial charge is 0.362 e. The van der Waals surface area contributed by atoms with Crippen molar-refractivity contribution in [3.63, 3.8) is 0 Å². The third-order valence-electron chi connectivity index (χ3n) is 5.75. The van der Waals surface area contributed by atoms with Crippen molar-refractivity contribution >= 4 is 28.5 Å². The molecule has 0 fully saturated rings. The number of carbonyl (C=O) groups is 2. The monoisotopic (exact) mass is 487 g/mol. The Bertz CT molecular complexity index is 1560. The Morgan fingerprint density at radius 2 is 1.97 bits per heavy atom. The van der Waals surface area contributed by atoms with Crippen LogP contribution in [0.5, 0.6) is 0 Å². The van der Waals surface area contributed by atoms with Crippen molar-refractivity contribution in [2.75, 3.05) is 32.1 Å². The van der Waals surface area contributed by atoms with Crippen LogP contribution in [0.25, 0.3) is 27.9 Å². The summed E-state index contributed by atoms with van der Waals surface area (Å²) >= 11 is 0. The minimum Gasteiger partial charge on any atom is -0.466 e. The lowest BCUT2D eigenvalue weighted by Gasteiger charge is -2.15. The number of anilines is 1. The highest BCUT2D eigenvalue weighted by Gasteiger charge is 2.34. The molecule has 182 valence electrons. The Hall–Kier alpha value is -4.77. The first kappa shape index (κ1) is 23.0. The van der Waals surface area contributed by atoms with Crippen LogP contribution >= 0.6 is 0 Å². The highest BCUT2D eigenvalue weighted by atomic mass is 16.5. The van der Waals surface area contributed by atoms with Crippen LogP contribution in [-0.2, 0) is 14.3 Å². The Morgan fingerprint density at radius 1 is 1.17 bits per heavy atom. The van der Waals surface area contributed by atoms with Crippen molar-refractivity contribution in [3.8, 4) is 16.9 Å². The normalized spacial score (nSPS) is 13.5. The third-order valence-corrected chi connectivity index (χ3v) is 5.75. The molecule has 1 aliphatic rings. The van der Waals surface area contributed by atoms with Crippen LogP contribution < -0.4 is 10.9 Å². The molecule has 11 heteroatoms. The number of esters is 1. The number of hydrogen-bond acceptors (Lipinski definition) is 9. The van der Waals surface area contributed by atoms with Crippen LogP contribution in [0.15, 0.2) is 81.3 Å². The zero-order valence-electron chi connectivity index (χ0n) is 19.2. The molecule has 0 spiro atoms. The van der Waals surface area contributed by atoms with Crippen molar-refractivity contribution in [3.05, 3.63) is 82.5 Å². The molecule has 11 nitrogen and oxygen atoms in total. The molecule has 0 bridgehead atoms. The lowest BCUT2D eigenvalue weighted by atomic mass is 10.2. The summed E-state index contributed by atoms with van der Waals surface area (Å²) in [5, 5.41) is 21.0. The summed E-state index contributed by atoms with van der Waals surface area (Å²) in [6, 6.07) is 16.1. The first-order chi connectivity index (χ1) is 17.5. The summed E-state index contributed by atoms with van der Waals surface area (Å²) in [5.41, 5.74) is 1.95. The van der Waals surface area contributed by atoms with Gasteiger partial charge in [-0.15, -0.1) is 5.10 Å². The predicted molar refractivity (Wildman–Crippen MR) is 129 cm³/mol. The van der Waals surface area contributed by atoms with Crippen LogP contribution in [0, 0.1) is 0 Å². The first-order valence-electron chi connectivity index (χ1n) is 11.0. The first-order valence-corrected chi connectivity index (χ1v) is 11.0. The number of rotatable bonds is 7. The highest BCUT2D eigenvalue weighted by Crippen LogP contribution is 2.26. The number of hydrogen-bond donors (Lipinski definition) is 2. The van der Waals surface area contributed by atoms with Gasteiger partial charge in [0.1, 0.15) is 17.0 Å². The van der Waals surface area contributed by atoms with E-state index in [4.69, 9.17) is 9.15 Å². The average molecular weight is 487 g/mol. The maximum atomic E-state index is 12.8. The largest absolute Gasteiger partial charge is 0.466 e. The van der Waals surface area contributed by atoms with E-state index in [1.54, 1.807) is 30.5 Å². The Kier molecular flexibility index (Phi) is 6.05. The van der Waals surface area contributed by atoms with E-state index in [-0.39, 0.29) is 42.2 Å². The van der Waals surface area contributed by atoms with Gasteiger partial charge in [-0.05, 0) is 18.2 Å². The van der Waals surface area contributed by atoms with Gasteiger partial charge in [-0.2, -0.15) is 0 Å². The summed E-state index contributed by atoms with van der Waals surface area (Å²) in [5.74, 6) is -1.09. The second kappa shape index (κ2) is 9.47. The molecule has 1 amide bonds. The quantitative estimate of drug-likeness (QED) is 0.294. The Morgan fingerprint density at radius 3 is 2.72 bits per heavy atom. The number of aliphatic hydroxyl groups is 1. The van der Waals surface area contributed by atoms with Gasteiger partial charge in [-0.25, -0.2) is 14.3 Å². The van der Waals surface area contributed by atoms with E-state index < -0.39 is 17.5 Å². The van der Waals surface area contributed by atoms with E-state index in [0.717, 1.165) is 5.56 Å². The Labute approximate surface area is 204 Å². The van der Waals surface area contributed by atoms with Gasteiger partial charge in [-0.3, -0.25) is 4.79 Å². The van der Waals surface area contributed by atoms with Gasteiger partial charge >= 0.3 is 11.6 Å². The van der Waals surface area contributed by atoms with Crippen molar-refractivity contribution in [2.24, 2.45) is 0 Å². The number of ether oxygens (including phenoxy) is 1. The van der Waals surface area contributed by atoms with Crippen molar-refractivity contribution < 1.29 is 23.8 Å². The number of fused-ring (bicyclic) bond motifs is 1. The second-order valence-corrected chi connectivity index (χ2v) is 8.01. The minimum absolute atomic E-state index is 0.0172. The van der Waals surface area contributed by atoms with E-state index >= 15 is 0 Å². The van der Waals surface area contributed by atoms with Gasteiger partial charge in [-0.1, -0.05) is 35.5 Å². The summed E-state index contributed by atoms with van der Waals surface area (Å²) in [7, 11) is 1.23. The summed E-state index contributed by atoms with van der Waals surface area (Å²) < 4.78 is 11.7. The zero-order chi connectivity index (χ0) is 25.2. The number of β-amino-alcohol motifs (C(OH)–C–C–N with tert-alkyl or cyclic N) is 1. The number of benzene rings is 2. The van der Waals surface area contributed by atoms with E-state index in [1.165, 1.54) is 16.7 Å². The molecule has 0 aliphatic carbocycles. The van der Waals surface area contributed by atoms with Gasteiger partial charge in [0.2, 0.25) is 0 Å². The van der Waals surface area contributed by atoms with Crippen LogP contribution in [0.1, 0.15) is 0 Å². The molecule has 0 atom stereocenters. The summed E-state index contributed by atoms with van der Waals surface area (Å²) in [6.45, 7) is -0.146. The maximum Gasteiger partial charge on any atom is 0.362 e. The number of nitrogens with one attached hydrogen (secondary N) is 1. The minimum atomic E-state index is -0.647. The average Bonchev–Trinajstić information content (AvgIpc) is 3.50. The number of methoxy groups -OCH3 is 1. The molecule has 5 rings (SSSR count). The molecular weight excluding hydrogens is 466 g/mol. The molecule has 2 N–H and O–H groups in total. The summed E-state index contributed by atoms with van der Waals surface area (Å²) in [6.07, 6.45) is 1.65. The number of nitrogens with zero attached hydrogens (tertiary/aromatic N) is 4. The molecule has 2 aromatic carbocycles. The standard InChI is InChI=1S/C25H21N5O6/c1-35-24(33)18-13-29(9-10-31)23(32)22(18)26-17-8-7-16-11-20(25(34)36-21(16)12-17)30-14-19(27-28-30)15-5-3-2-4-6-15/h2-8,11-12,14,26,31H,9-10,13H2,1H3. The van der Waals surface area contributed by atoms with Gasteiger partial charge in [0.15, 0.2) is 5.69 Å². The van der Waals surface area contributed by atoms with Gasteiger partial charge in [0.05, 0.1) is 32.0 Å². The van der Waals surface area contributed by atoms with E-state index in [0.29, 0.717) is 16.8 Å². The van der Waals surface area contributed by atoms with Crippen molar-refractivity contribution in [1.29, 1.82) is 0 Å². The molecule has 36 heavy (non-hydrogen) atoms. The van der Waals surface area contributed by atoms with Gasteiger partial charge in [0.25, 0.3) is 5.91 Å². The number of carbonyl (C=O) groups excluding carboxylic acids is 2. The molecule has 2 aromatic heterocycles. The molecule has 0 unspecified atom stereocenters. The van der Waals surface area contributed by atoms with Crippen molar-refractivity contribution in [1.82, 2.24) is 19.9 Å².